The predicted octanol–water partition coefficient (Wildman–Crippen LogP) is 2.00. The lowest BCUT2D eigenvalue weighted by Crippen LogP contribution is -2.59. The van der Waals surface area contributed by atoms with E-state index in [1.807, 2.05) is 12.3 Å². The molecule has 7 heteroatoms. The quantitative estimate of drug-likeness (QED) is 0.778. The Morgan fingerprint density at radius 2 is 2.21 bits per heavy atom. The molecule has 4 heterocycles. The highest BCUT2D eigenvalue weighted by molar-refractivity contribution is 5.54. The number of nitrogens with two attached hydrogens (primary N) is 1. The van der Waals surface area contributed by atoms with E-state index in [1.165, 1.54) is 31.4 Å². The molecule has 2 aromatic heterocycles. The molecule has 2 aliphatic carbocycles. The molecule has 6 rings (SSSR count). The van der Waals surface area contributed by atoms with Gasteiger partial charge in [-0.1, -0.05) is 0 Å². The van der Waals surface area contributed by atoms with Gasteiger partial charge in [-0.15, -0.1) is 0 Å². The summed E-state index contributed by atoms with van der Waals surface area (Å²) >= 11 is 0. The maximum atomic E-state index is 5.99. The van der Waals surface area contributed by atoms with E-state index < -0.39 is 0 Å². The van der Waals surface area contributed by atoms with Crippen LogP contribution in [0.15, 0.2) is 18.3 Å². The predicted molar refractivity (Wildman–Crippen MR) is 92.3 cm³/mol. The Kier molecular flexibility index (Phi) is 3.06. The van der Waals surface area contributed by atoms with Crippen LogP contribution in [0.3, 0.4) is 0 Å². The minimum atomic E-state index is 0.289. The van der Waals surface area contributed by atoms with Crippen LogP contribution < -0.4 is 16.0 Å². The lowest BCUT2D eigenvalue weighted by atomic mass is 9.59. The van der Waals surface area contributed by atoms with Crippen LogP contribution in [0.1, 0.15) is 37.3 Å². The second-order valence-electron chi connectivity index (χ2n) is 7.71. The van der Waals surface area contributed by atoms with Crippen molar-refractivity contribution in [2.45, 2.75) is 31.6 Å². The largest absolute Gasteiger partial charge is 0.340 e. The van der Waals surface area contributed by atoms with Gasteiger partial charge in [0.2, 0.25) is 5.95 Å². The summed E-state index contributed by atoms with van der Waals surface area (Å²) in [6.45, 7) is 2.77. The maximum Gasteiger partial charge on any atom is 0.227 e. The zero-order valence-electron chi connectivity index (χ0n) is 13.7. The fraction of sp³-hybridized carbons (Fsp3) is 0.588. The van der Waals surface area contributed by atoms with Gasteiger partial charge in [0.25, 0.3) is 0 Å². The Bertz CT molecular complexity index is 745. The van der Waals surface area contributed by atoms with Crippen LogP contribution >= 0.6 is 0 Å². The molecule has 2 bridgehead atoms. The highest BCUT2D eigenvalue weighted by Gasteiger charge is 2.49. The zero-order chi connectivity index (χ0) is 16.1. The molecule has 0 unspecified atom stereocenters. The topological polar surface area (TPSA) is 95.8 Å². The van der Waals surface area contributed by atoms with Gasteiger partial charge in [-0.25, -0.2) is 4.98 Å². The molecule has 2 saturated heterocycles. The van der Waals surface area contributed by atoms with Gasteiger partial charge in [0.15, 0.2) is 5.82 Å². The summed E-state index contributed by atoms with van der Waals surface area (Å²) in [5.74, 6) is 3.81. The van der Waals surface area contributed by atoms with Crippen molar-refractivity contribution in [1.82, 2.24) is 20.2 Å². The van der Waals surface area contributed by atoms with Gasteiger partial charge in [-0.05, 0) is 44.2 Å². The highest BCUT2D eigenvalue weighted by Crippen LogP contribution is 2.50. The number of anilines is 3. The third kappa shape index (κ3) is 2.43. The number of piperidine rings is 2. The number of hydrogen-bond acceptors (Lipinski definition) is 6. The standard InChI is InChI=1S/C17H23N7/c18-9-17-6-11(7-17)8-24(10-17)16-19-4-3-14(21-16)20-15-5-13(22-23-15)12-1-2-12/h3-5,11-12H,1-2,6-10,18H2,(H2,19,20,21,22,23). The fourth-order valence-corrected chi connectivity index (χ4v) is 4.29. The minimum Gasteiger partial charge on any atom is -0.340 e. The Morgan fingerprint density at radius 3 is 3.00 bits per heavy atom. The molecule has 0 spiro atoms. The SMILES string of the molecule is NCC12CC(CN(c3nccc(Nc4cc(C5CC5)[nH]n4)n3)C1)C2. The minimum absolute atomic E-state index is 0.289. The first kappa shape index (κ1) is 14.2. The molecular formula is C17H23N7. The van der Waals surface area contributed by atoms with Gasteiger partial charge in [0.1, 0.15) is 5.82 Å². The van der Waals surface area contributed by atoms with Crippen LogP contribution in [-0.2, 0) is 0 Å². The van der Waals surface area contributed by atoms with E-state index in [0.29, 0.717) is 5.92 Å². The molecule has 0 amide bonds. The van der Waals surface area contributed by atoms with Crippen LogP contribution in [0.5, 0.6) is 0 Å². The van der Waals surface area contributed by atoms with Crippen molar-refractivity contribution in [2.24, 2.45) is 17.1 Å². The molecule has 24 heavy (non-hydrogen) atoms. The van der Waals surface area contributed by atoms with E-state index in [-0.39, 0.29) is 5.41 Å². The first-order chi connectivity index (χ1) is 11.7. The summed E-state index contributed by atoms with van der Waals surface area (Å²) in [6, 6.07) is 3.97. The van der Waals surface area contributed by atoms with Crippen LogP contribution in [-0.4, -0.2) is 39.8 Å². The molecule has 4 aliphatic rings. The van der Waals surface area contributed by atoms with Crippen molar-refractivity contribution >= 4 is 17.6 Å². The number of rotatable bonds is 5. The molecule has 0 radical (unpaired) electrons. The van der Waals surface area contributed by atoms with Crippen LogP contribution in [0.4, 0.5) is 17.6 Å². The third-order valence-electron chi connectivity index (χ3n) is 5.68. The fourth-order valence-electron chi connectivity index (χ4n) is 4.29. The third-order valence-corrected chi connectivity index (χ3v) is 5.68. The van der Waals surface area contributed by atoms with Crippen molar-refractivity contribution in [3.8, 4) is 0 Å². The molecule has 0 aromatic carbocycles. The first-order valence-electron chi connectivity index (χ1n) is 8.83. The van der Waals surface area contributed by atoms with E-state index >= 15 is 0 Å². The van der Waals surface area contributed by atoms with E-state index in [0.717, 1.165) is 43.1 Å². The second-order valence-corrected chi connectivity index (χ2v) is 7.71. The Labute approximate surface area is 141 Å². The molecule has 2 aromatic rings. The van der Waals surface area contributed by atoms with Crippen molar-refractivity contribution in [1.29, 1.82) is 0 Å². The van der Waals surface area contributed by atoms with Crippen molar-refractivity contribution in [3.05, 3.63) is 24.0 Å². The number of H-pyrrole nitrogens is 1. The molecular weight excluding hydrogens is 302 g/mol. The molecule has 4 N–H and O–H groups in total. The molecule has 0 atom stereocenters. The van der Waals surface area contributed by atoms with E-state index in [1.54, 1.807) is 0 Å². The molecule has 126 valence electrons. The van der Waals surface area contributed by atoms with Gasteiger partial charge >= 0.3 is 0 Å². The van der Waals surface area contributed by atoms with Crippen molar-refractivity contribution < 1.29 is 0 Å². The number of fused-ring (bicyclic) bond motifs is 2. The van der Waals surface area contributed by atoms with Gasteiger partial charge in [-0.3, -0.25) is 5.10 Å². The smallest absolute Gasteiger partial charge is 0.227 e. The molecule has 4 fully saturated rings. The van der Waals surface area contributed by atoms with E-state index in [2.05, 4.69) is 31.5 Å². The van der Waals surface area contributed by atoms with Gasteiger partial charge in [0.05, 0.1) is 0 Å². The summed E-state index contributed by atoms with van der Waals surface area (Å²) in [5, 5.41) is 10.7. The number of nitrogens with zero attached hydrogens (tertiary/aromatic N) is 4. The Hall–Kier alpha value is -2.15. The van der Waals surface area contributed by atoms with Crippen LogP contribution in [0.25, 0.3) is 0 Å². The Morgan fingerprint density at radius 1 is 1.33 bits per heavy atom. The summed E-state index contributed by atoms with van der Waals surface area (Å²) < 4.78 is 0. The van der Waals surface area contributed by atoms with Gasteiger partial charge < -0.3 is 16.0 Å². The number of hydrogen-bond donors (Lipinski definition) is 3. The number of nitrogens with one attached hydrogen (secondary N) is 2. The van der Waals surface area contributed by atoms with E-state index in [4.69, 9.17) is 10.7 Å². The summed E-state index contributed by atoms with van der Waals surface area (Å²) in [6.07, 6.45) is 6.86. The average molecular weight is 325 g/mol. The lowest BCUT2D eigenvalue weighted by Gasteiger charge is -2.56. The van der Waals surface area contributed by atoms with Crippen molar-refractivity contribution in [2.75, 3.05) is 29.9 Å². The number of aromatic amines is 1. The van der Waals surface area contributed by atoms with Crippen LogP contribution in [0, 0.1) is 11.3 Å². The number of aromatic nitrogens is 4. The molecule has 7 nitrogen and oxygen atoms in total. The molecule has 2 aliphatic heterocycles. The first-order valence-corrected chi connectivity index (χ1v) is 8.83. The van der Waals surface area contributed by atoms with E-state index in [9.17, 15) is 0 Å². The maximum absolute atomic E-state index is 5.99. The monoisotopic (exact) mass is 325 g/mol. The summed E-state index contributed by atoms with van der Waals surface area (Å²) in [5.41, 5.74) is 7.49. The van der Waals surface area contributed by atoms with Gasteiger partial charge in [-0.2, -0.15) is 10.1 Å². The average Bonchev–Trinajstić information content (AvgIpc) is 3.34. The lowest BCUT2D eigenvalue weighted by molar-refractivity contribution is 0.0399. The van der Waals surface area contributed by atoms with Crippen molar-refractivity contribution in [3.63, 3.8) is 0 Å². The summed E-state index contributed by atoms with van der Waals surface area (Å²) in [7, 11) is 0. The Balaban J connectivity index is 1.32. The summed E-state index contributed by atoms with van der Waals surface area (Å²) in [4.78, 5) is 11.5. The highest BCUT2D eigenvalue weighted by atomic mass is 15.3. The zero-order valence-corrected chi connectivity index (χ0v) is 13.7. The van der Waals surface area contributed by atoms with Gasteiger partial charge in [0, 0.05) is 42.4 Å². The normalized spacial score (nSPS) is 28.5. The second kappa shape index (κ2) is 5.17. The molecule has 2 saturated carbocycles. The van der Waals surface area contributed by atoms with Crippen LogP contribution in [0.2, 0.25) is 0 Å².